The third-order valence-corrected chi connectivity index (χ3v) is 5.83. The Kier molecular flexibility index (Phi) is 6.83. The number of fused-ring (bicyclic) bond motifs is 1. The summed E-state index contributed by atoms with van der Waals surface area (Å²) in [6.07, 6.45) is 4.48. The van der Waals surface area contributed by atoms with E-state index in [1.807, 2.05) is 49.9 Å². The van der Waals surface area contributed by atoms with E-state index >= 15 is 0 Å². The van der Waals surface area contributed by atoms with Crippen LogP contribution in [-0.4, -0.2) is 55.2 Å². The number of nitrogens with one attached hydrogen (secondary N) is 2. The summed E-state index contributed by atoms with van der Waals surface area (Å²) >= 11 is 0. The van der Waals surface area contributed by atoms with E-state index in [1.54, 1.807) is 0 Å². The largest absolute Gasteiger partial charge is 0.444 e. The first-order valence-corrected chi connectivity index (χ1v) is 10.8. The van der Waals surface area contributed by atoms with Gasteiger partial charge >= 0.3 is 6.09 Å². The highest BCUT2D eigenvalue weighted by molar-refractivity contribution is 5.95. The summed E-state index contributed by atoms with van der Waals surface area (Å²) in [5.41, 5.74) is 1.23. The lowest BCUT2D eigenvalue weighted by Gasteiger charge is -2.43. The molecule has 2 aliphatic heterocycles. The molecule has 160 valence electrons. The highest BCUT2D eigenvalue weighted by Gasteiger charge is 2.38. The second-order valence-corrected chi connectivity index (χ2v) is 9.45. The Morgan fingerprint density at radius 2 is 1.93 bits per heavy atom. The minimum atomic E-state index is -0.506. The molecule has 6 nitrogen and oxygen atoms in total. The van der Waals surface area contributed by atoms with E-state index in [0.29, 0.717) is 19.6 Å². The molecule has 2 amide bonds. The lowest BCUT2D eigenvalue weighted by Crippen LogP contribution is -2.53. The maximum absolute atomic E-state index is 12.9. The first-order valence-electron chi connectivity index (χ1n) is 10.8. The molecule has 1 spiro atoms. The van der Waals surface area contributed by atoms with Crippen LogP contribution in [0.15, 0.2) is 24.3 Å². The predicted molar refractivity (Wildman–Crippen MR) is 114 cm³/mol. The highest BCUT2D eigenvalue weighted by Crippen LogP contribution is 2.34. The minimum Gasteiger partial charge on any atom is -0.444 e. The topological polar surface area (TPSA) is 70.7 Å². The molecule has 6 heteroatoms. The van der Waals surface area contributed by atoms with Crippen molar-refractivity contribution in [2.24, 2.45) is 5.41 Å². The monoisotopic (exact) mass is 401 g/mol. The van der Waals surface area contributed by atoms with E-state index in [1.165, 1.54) is 0 Å². The van der Waals surface area contributed by atoms with E-state index in [-0.39, 0.29) is 17.4 Å². The Morgan fingerprint density at radius 3 is 2.72 bits per heavy atom. The second-order valence-electron chi connectivity index (χ2n) is 9.45. The van der Waals surface area contributed by atoms with E-state index in [9.17, 15) is 9.59 Å². The van der Waals surface area contributed by atoms with E-state index in [4.69, 9.17) is 4.74 Å². The summed E-state index contributed by atoms with van der Waals surface area (Å²) in [7, 11) is 0. The van der Waals surface area contributed by atoms with Crippen LogP contribution in [0.2, 0.25) is 0 Å². The van der Waals surface area contributed by atoms with Gasteiger partial charge in [0.15, 0.2) is 0 Å². The van der Waals surface area contributed by atoms with Crippen molar-refractivity contribution in [2.45, 2.75) is 58.5 Å². The molecule has 0 aliphatic carbocycles. The van der Waals surface area contributed by atoms with Gasteiger partial charge in [0.25, 0.3) is 5.91 Å². The summed E-state index contributed by atoms with van der Waals surface area (Å²) < 4.78 is 5.60. The molecule has 2 aliphatic rings. The summed E-state index contributed by atoms with van der Waals surface area (Å²) in [5, 5.41) is 6.73. The van der Waals surface area contributed by atoms with Crippen LogP contribution in [0.3, 0.4) is 0 Å². The van der Waals surface area contributed by atoms with Crippen molar-refractivity contribution in [3.8, 4) is 0 Å². The number of aryl methyl sites for hydroxylation is 1. The lowest BCUT2D eigenvalue weighted by atomic mass is 9.76. The molecule has 1 aromatic rings. The number of ether oxygens (including phenoxy) is 1. The molecule has 0 saturated carbocycles. The van der Waals surface area contributed by atoms with Crippen molar-refractivity contribution in [2.75, 3.05) is 32.7 Å². The van der Waals surface area contributed by atoms with Gasteiger partial charge in [0.05, 0.1) is 0 Å². The molecule has 1 unspecified atom stereocenters. The number of amides is 2. The molecule has 2 N–H and O–H groups in total. The summed E-state index contributed by atoms with van der Waals surface area (Å²) in [4.78, 5) is 27.4. The van der Waals surface area contributed by atoms with Gasteiger partial charge < -0.3 is 20.3 Å². The molecule has 1 fully saturated rings. The van der Waals surface area contributed by atoms with Crippen molar-refractivity contribution in [3.63, 3.8) is 0 Å². The highest BCUT2D eigenvalue weighted by atomic mass is 16.6. The van der Waals surface area contributed by atoms with Crippen LogP contribution in [0.25, 0.3) is 0 Å². The fraction of sp³-hybridized carbons (Fsp3) is 0.652. The number of likely N-dealkylation sites (tertiary alicyclic amines) is 1. The minimum absolute atomic E-state index is 0.0112. The van der Waals surface area contributed by atoms with Gasteiger partial charge in [0, 0.05) is 30.6 Å². The van der Waals surface area contributed by atoms with Crippen LogP contribution >= 0.6 is 0 Å². The first kappa shape index (κ1) is 21.6. The SMILES string of the molecule is CC(C)(C)OC(=O)N1CCCC2(CCNCCCc3ccccc3C(=O)NC2)C1. The Hall–Kier alpha value is -2.08. The molecule has 2 heterocycles. The van der Waals surface area contributed by atoms with Crippen LogP contribution < -0.4 is 10.6 Å². The first-order chi connectivity index (χ1) is 13.8. The number of nitrogens with zero attached hydrogens (tertiary/aromatic N) is 1. The van der Waals surface area contributed by atoms with Crippen LogP contribution in [0.4, 0.5) is 4.79 Å². The van der Waals surface area contributed by atoms with E-state index < -0.39 is 5.60 Å². The molecule has 0 aromatic heterocycles. The van der Waals surface area contributed by atoms with Crippen LogP contribution in [-0.2, 0) is 11.2 Å². The van der Waals surface area contributed by atoms with Gasteiger partial charge in [-0.25, -0.2) is 4.79 Å². The zero-order valence-corrected chi connectivity index (χ0v) is 18.1. The molecule has 29 heavy (non-hydrogen) atoms. The normalized spacial score (nSPS) is 24.1. The number of carbonyl (C=O) groups is 2. The molecular formula is C23H35N3O3. The van der Waals surface area contributed by atoms with Crippen molar-refractivity contribution in [3.05, 3.63) is 35.4 Å². The number of carbonyl (C=O) groups excluding carboxylic acids is 2. The average molecular weight is 402 g/mol. The Morgan fingerprint density at radius 1 is 1.14 bits per heavy atom. The molecular weight excluding hydrogens is 366 g/mol. The Balaban J connectivity index is 1.75. The van der Waals surface area contributed by atoms with Crippen LogP contribution in [0, 0.1) is 5.41 Å². The lowest BCUT2D eigenvalue weighted by molar-refractivity contribution is 0.00284. The average Bonchev–Trinajstić information content (AvgIpc) is 2.67. The van der Waals surface area contributed by atoms with Crippen molar-refractivity contribution in [1.82, 2.24) is 15.5 Å². The smallest absolute Gasteiger partial charge is 0.410 e. The number of benzene rings is 1. The van der Waals surface area contributed by atoms with Crippen LogP contribution in [0.5, 0.6) is 0 Å². The molecule has 0 radical (unpaired) electrons. The van der Waals surface area contributed by atoms with Gasteiger partial charge in [-0.05, 0) is 77.6 Å². The third kappa shape index (κ3) is 5.95. The quantitative estimate of drug-likeness (QED) is 0.699. The standard InChI is InChI=1S/C23H35N3O3/c1-22(2,3)29-21(28)26-15-7-11-23(17-26)12-14-24-13-6-9-18-8-4-5-10-19(18)20(27)25-16-23/h4-5,8,10,24H,6-7,9,11-17H2,1-3H3,(H,25,27). The maximum Gasteiger partial charge on any atom is 0.410 e. The van der Waals surface area contributed by atoms with Gasteiger partial charge in [-0.3, -0.25) is 4.79 Å². The second kappa shape index (κ2) is 9.16. The fourth-order valence-electron chi connectivity index (χ4n) is 4.33. The Bertz CT molecular complexity index is 728. The summed E-state index contributed by atoms with van der Waals surface area (Å²) in [6, 6.07) is 7.86. The number of rotatable bonds is 0. The zero-order valence-electron chi connectivity index (χ0n) is 18.1. The third-order valence-electron chi connectivity index (χ3n) is 5.83. The molecule has 1 atom stereocenters. The van der Waals surface area contributed by atoms with E-state index in [0.717, 1.165) is 56.3 Å². The number of hydrogen-bond donors (Lipinski definition) is 2. The van der Waals surface area contributed by atoms with Gasteiger partial charge in [0.1, 0.15) is 5.60 Å². The molecule has 1 aromatic carbocycles. The predicted octanol–water partition coefficient (Wildman–Crippen LogP) is 3.36. The summed E-state index contributed by atoms with van der Waals surface area (Å²) in [5.74, 6) is -0.0112. The van der Waals surface area contributed by atoms with Gasteiger partial charge in [-0.15, -0.1) is 0 Å². The van der Waals surface area contributed by atoms with Crippen molar-refractivity contribution in [1.29, 1.82) is 0 Å². The summed E-state index contributed by atoms with van der Waals surface area (Å²) in [6.45, 7) is 9.39. The van der Waals surface area contributed by atoms with E-state index in [2.05, 4.69) is 10.6 Å². The Labute approximate surface area is 174 Å². The van der Waals surface area contributed by atoms with Crippen molar-refractivity contribution < 1.29 is 14.3 Å². The number of hydrogen-bond acceptors (Lipinski definition) is 4. The molecule has 3 rings (SSSR count). The molecule has 1 saturated heterocycles. The van der Waals surface area contributed by atoms with Crippen LogP contribution in [0.1, 0.15) is 62.4 Å². The molecule has 0 bridgehead atoms. The zero-order chi connectivity index (χ0) is 20.9. The van der Waals surface area contributed by atoms with Gasteiger partial charge in [-0.1, -0.05) is 18.2 Å². The number of piperidine rings is 1. The van der Waals surface area contributed by atoms with Crippen molar-refractivity contribution >= 4 is 12.0 Å². The fourth-order valence-corrected chi connectivity index (χ4v) is 4.33. The maximum atomic E-state index is 12.9. The van der Waals surface area contributed by atoms with Gasteiger partial charge in [-0.2, -0.15) is 0 Å². The van der Waals surface area contributed by atoms with Gasteiger partial charge in [0.2, 0.25) is 0 Å².